The number of aliphatic hydroxyl groups is 1. The van der Waals surface area contributed by atoms with Gasteiger partial charge in [0, 0.05) is 33.2 Å². The largest absolute Gasteiger partial charge is 0.391 e. The fourth-order valence-corrected chi connectivity index (χ4v) is 3.39. The van der Waals surface area contributed by atoms with Crippen LogP contribution in [0.5, 0.6) is 0 Å². The van der Waals surface area contributed by atoms with Crippen molar-refractivity contribution in [3.63, 3.8) is 0 Å². The number of likely N-dealkylation sites (tertiary alicyclic amines) is 1. The molecule has 7 nitrogen and oxygen atoms in total. The Kier molecular flexibility index (Phi) is 4.70. The lowest BCUT2D eigenvalue weighted by molar-refractivity contribution is 0.0705. The van der Waals surface area contributed by atoms with Gasteiger partial charge in [0.2, 0.25) is 0 Å². The van der Waals surface area contributed by atoms with Crippen molar-refractivity contribution in [1.29, 1.82) is 0 Å². The van der Waals surface area contributed by atoms with Crippen LogP contribution in [0.1, 0.15) is 16.1 Å². The average molecular weight is 313 g/mol. The highest BCUT2D eigenvalue weighted by atomic mass is 32.1. The SMILES string of the molecule is CN(C)CC1CC(O)CN1C(=O)c1sc(N(C)C)nc1N. The first kappa shape index (κ1) is 16.0. The molecule has 0 aromatic carbocycles. The van der Waals surface area contributed by atoms with E-state index in [2.05, 4.69) is 4.98 Å². The standard InChI is InChI=1S/C13H23N5O2S/c1-16(2)6-8-5-9(19)7-18(8)12(20)10-11(14)15-13(21-10)17(3)4/h8-9,19H,5-7,14H2,1-4H3. The van der Waals surface area contributed by atoms with Gasteiger partial charge in [0.25, 0.3) is 5.91 Å². The topological polar surface area (TPSA) is 85.9 Å². The number of nitrogens with zero attached hydrogens (tertiary/aromatic N) is 4. The molecule has 0 bridgehead atoms. The Bertz CT molecular complexity index is 517. The number of aliphatic hydroxyl groups excluding tert-OH is 1. The van der Waals surface area contributed by atoms with Crippen molar-refractivity contribution >= 4 is 28.2 Å². The number of nitrogens with two attached hydrogens (primary N) is 1. The lowest BCUT2D eigenvalue weighted by Crippen LogP contribution is -2.41. The molecule has 21 heavy (non-hydrogen) atoms. The minimum absolute atomic E-state index is 0.00630. The summed E-state index contributed by atoms with van der Waals surface area (Å²) in [5.41, 5.74) is 5.88. The van der Waals surface area contributed by atoms with Crippen LogP contribution < -0.4 is 10.6 Å². The van der Waals surface area contributed by atoms with E-state index in [1.165, 1.54) is 11.3 Å². The van der Waals surface area contributed by atoms with Crippen LogP contribution >= 0.6 is 11.3 Å². The third-order valence-corrected chi connectivity index (χ3v) is 4.67. The Labute approximate surface area is 129 Å². The minimum atomic E-state index is -0.471. The van der Waals surface area contributed by atoms with E-state index in [-0.39, 0.29) is 17.8 Å². The van der Waals surface area contributed by atoms with Gasteiger partial charge in [0.05, 0.1) is 6.10 Å². The zero-order valence-electron chi connectivity index (χ0n) is 12.9. The number of β-amino-alcohol motifs (C(OH)–C–C–N with tert-alkyl or cyclic N) is 1. The number of hydrogen-bond acceptors (Lipinski definition) is 7. The fraction of sp³-hybridized carbons (Fsp3) is 0.692. The molecule has 2 atom stereocenters. The van der Waals surface area contributed by atoms with Crippen molar-refractivity contribution in [3.05, 3.63) is 4.88 Å². The van der Waals surface area contributed by atoms with Crippen LogP contribution in [-0.4, -0.2) is 79.2 Å². The molecule has 0 spiro atoms. The van der Waals surface area contributed by atoms with Gasteiger partial charge >= 0.3 is 0 Å². The van der Waals surface area contributed by atoms with Crippen LogP contribution in [-0.2, 0) is 0 Å². The number of rotatable bonds is 4. The van der Waals surface area contributed by atoms with Crippen molar-refractivity contribution in [2.24, 2.45) is 0 Å². The number of aromatic nitrogens is 1. The normalized spacial score (nSPS) is 22.1. The van der Waals surface area contributed by atoms with E-state index in [0.29, 0.717) is 23.0 Å². The number of likely N-dealkylation sites (N-methyl/N-ethyl adjacent to an activating group) is 1. The molecule has 1 aliphatic rings. The number of anilines is 2. The molecule has 1 aromatic heterocycles. The van der Waals surface area contributed by atoms with Crippen LogP contribution in [0.25, 0.3) is 0 Å². The van der Waals surface area contributed by atoms with Crippen molar-refractivity contribution in [2.75, 3.05) is 51.9 Å². The molecule has 1 aromatic rings. The third kappa shape index (κ3) is 3.45. The summed E-state index contributed by atoms with van der Waals surface area (Å²) in [5.74, 6) is 0.125. The second-order valence-electron chi connectivity index (χ2n) is 5.87. The smallest absolute Gasteiger partial charge is 0.268 e. The van der Waals surface area contributed by atoms with Crippen LogP contribution in [0, 0.1) is 0 Å². The number of carbonyl (C=O) groups excluding carboxylic acids is 1. The fourth-order valence-electron chi connectivity index (χ4n) is 2.53. The van der Waals surface area contributed by atoms with E-state index in [1.807, 2.05) is 38.0 Å². The first-order chi connectivity index (χ1) is 9.79. The van der Waals surface area contributed by atoms with Gasteiger partial charge in [-0.2, -0.15) is 0 Å². The second kappa shape index (κ2) is 6.17. The highest BCUT2D eigenvalue weighted by molar-refractivity contribution is 7.18. The zero-order valence-corrected chi connectivity index (χ0v) is 13.7. The Hall–Kier alpha value is -1.38. The molecular formula is C13H23N5O2S. The van der Waals surface area contributed by atoms with Crippen molar-refractivity contribution < 1.29 is 9.90 Å². The van der Waals surface area contributed by atoms with Gasteiger partial charge in [-0.1, -0.05) is 11.3 Å². The monoisotopic (exact) mass is 313 g/mol. The van der Waals surface area contributed by atoms with Gasteiger partial charge in [-0.05, 0) is 20.5 Å². The predicted octanol–water partition coefficient (Wildman–Crippen LogP) is -0.0717. The molecule has 3 N–H and O–H groups in total. The average Bonchev–Trinajstić information content (AvgIpc) is 2.91. The summed E-state index contributed by atoms with van der Waals surface area (Å²) in [6, 6.07) is 0.00630. The summed E-state index contributed by atoms with van der Waals surface area (Å²) in [6.45, 7) is 1.08. The molecule has 1 amide bonds. The van der Waals surface area contributed by atoms with Crippen molar-refractivity contribution in [2.45, 2.75) is 18.6 Å². The van der Waals surface area contributed by atoms with Gasteiger partial charge in [0.15, 0.2) is 5.13 Å². The Morgan fingerprint density at radius 3 is 2.67 bits per heavy atom. The number of thiazole rings is 1. The zero-order chi connectivity index (χ0) is 15.7. The molecule has 2 heterocycles. The molecule has 0 radical (unpaired) electrons. The van der Waals surface area contributed by atoms with Gasteiger partial charge in [0.1, 0.15) is 10.7 Å². The van der Waals surface area contributed by atoms with Crippen LogP contribution in [0.15, 0.2) is 0 Å². The summed E-state index contributed by atoms with van der Waals surface area (Å²) in [7, 11) is 7.64. The van der Waals surface area contributed by atoms with Gasteiger partial charge in [-0.25, -0.2) is 4.98 Å². The Morgan fingerprint density at radius 2 is 2.14 bits per heavy atom. The summed E-state index contributed by atoms with van der Waals surface area (Å²) < 4.78 is 0. The first-order valence-corrected chi connectivity index (χ1v) is 7.68. The number of amides is 1. The van der Waals surface area contributed by atoms with Crippen LogP contribution in [0.4, 0.5) is 10.9 Å². The van der Waals surface area contributed by atoms with Crippen LogP contribution in [0.3, 0.4) is 0 Å². The van der Waals surface area contributed by atoms with Crippen molar-refractivity contribution in [1.82, 2.24) is 14.8 Å². The van der Waals surface area contributed by atoms with Crippen LogP contribution in [0.2, 0.25) is 0 Å². The molecule has 1 aliphatic heterocycles. The Balaban J connectivity index is 2.21. The number of carbonyl (C=O) groups is 1. The molecular weight excluding hydrogens is 290 g/mol. The highest BCUT2D eigenvalue weighted by Crippen LogP contribution is 2.30. The molecule has 8 heteroatoms. The lowest BCUT2D eigenvalue weighted by atomic mass is 10.2. The lowest BCUT2D eigenvalue weighted by Gasteiger charge is -2.26. The maximum absolute atomic E-state index is 12.7. The summed E-state index contributed by atoms with van der Waals surface area (Å²) >= 11 is 1.29. The quantitative estimate of drug-likeness (QED) is 0.809. The second-order valence-corrected chi connectivity index (χ2v) is 6.85. The molecule has 0 aliphatic carbocycles. The molecule has 118 valence electrons. The minimum Gasteiger partial charge on any atom is -0.391 e. The van der Waals surface area contributed by atoms with E-state index in [4.69, 9.17) is 5.73 Å². The van der Waals surface area contributed by atoms with Gasteiger partial charge < -0.3 is 25.5 Å². The first-order valence-electron chi connectivity index (χ1n) is 6.87. The molecule has 1 fully saturated rings. The molecule has 2 unspecified atom stereocenters. The van der Waals surface area contributed by atoms with Gasteiger partial charge in [-0.15, -0.1) is 0 Å². The highest BCUT2D eigenvalue weighted by Gasteiger charge is 2.36. The van der Waals surface area contributed by atoms with E-state index < -0.39 is 6.10 Å². The molecule has 1 saturated heterocycles. The summed E-state index contributed by atoms with van der Waals surface area (Å²) in [4.78, 5) is 22.9. The Morgan fingerprint density at radius 1 is 1.48 bits per heavy atom. The van der Waals surface area contributed by atoms with E-state index >= 15 is 0 Å². The third-order valence-electron chi connectivity index (χ3n) is 3.45. The van der Waals surface area contributed by atoms with E-state index in [9.17, 15) is 9.90 Å². The number of nitrogen functional groups attached to an aromatic ring is 1. The molecule has 2 rings (SSSR count). The van der Waals surface area contributed by atoms with Gasteiger partial charge in [-0.3, -0.25) is 4.79 Å². The number of hydrogen-bond donors (Lipinski definition) is 2. The molecule has 0 saturated carbocycles. The summed E-state index contributed by atoms with van der Waals surface area (Å²) in [5, 5.41) is 10.6. The summed E-state index contributed by atoms with van der Waals surface area (Å²) in [6.07, 6.45) is 0.129. The van der Waals surface area contributed by atoms with E-state index in [1.54, 1.807) is 4.90 Å². The predicted molar refractivity (Wildman–Crippen MR) is 84.9 cm³/mol. The maximum atomic E-state index is 12.7. The maximum Gasteiger partial charge on any atom is 0.268 e. The van der Waals surface area contributed by atoms with E-state index in [0.717, 1.165) is 6.54 Å². The van der Waals surface area contributed by atoms with Crippen molar-refractivity contribution in [3.8, 4) is 0 Å².